The number of hydrogen-bond acceptors (Lipinski definition) is 4. The molecular weight excluding hydrogens is 464 g/mol. The Morgan fingerprint density at radius 1 is 1.03 bits per heavy atom. The summed E-state index contributed by atoms with van der Waals surface area (Å²) in [6, 6.07) is 0. The van der Waals surface area contributed by atoms with E-state index in [1.165, 1.54) is 5.57 Å². The Hall–Kier alpha value is -1.29. The predicted octanol–water partition coefficient (Wildman–Crippen LogP) is 6.00. The van der Waals surface area contributed by atoms with Gasteiger partial charge in [0.15, 0.2) is 0 Å². The van der Waals surface area contributed by atoms with Crippen LogP contribution in [0.3, 0.4) is 0 Å². The SMILES string of the molecule is C[C@]12CC[C@H]3[C@@H](CC=C4C/C(=N/O)CC[C@@]43C)[C@@H]1CC[C@@H]2[C@H](O)CC(O)(C(F)(F)F)C(F)(F)F. The van der Waals surface area contributed by atoms with Crippen LogP contribution in [0.4, 0.5) is 26.3 Å². The Morgan fingerprint density at radius 3 is 2.26 bits per heavy atom. The number of aliphatic hydroxyl groups excluding tert-OH is 1. The van der Waals surface area contributed by atoms with Gasteiger partial charge in [0, 0.05) is 12.8 Å². The van der Waals surface area contributed by atoms with Gasteiger partial charge in [-0.05, 0) is 79.4 Å². The molecule has 4 aliphatic carbocycles. The van der Waals surface area contributed by atoms with E-state index in [4.69, 9.17) is 0 Å². The van der Waals surface area contributed by atoms with Crippen LogP contribution in [0.15, 0.2) is 16.8 Å². The maximum Gasteiger partial charge on any atom is 0.426 e. The van der Waals surface area contributed by atoms with E-state index in [2.05, 4.69) is 18.2 Å². The number of hydrogen-bond donors (Lipinski definition) is 3. The third-order valence-corrected chi connectivity index (χ3v) is 10.1. The maximum absolute atomic E-state index is 13.2. The number of rotatable bonds is 3. The first-order valence-corrected chi connectivity index (χ1v) is 12.0. The van der Waals surface area contributed by atoms with E-state index < -0.39 is 41.8 Å². The minimum Gasteiger partial charge on any atom is -0.411 e. The summed E-state index contributed by atoms with van der Waals surface area (Å²) in [5.74, 6) is -0.0870. The number of oxime groups is 1. The average molecular weight is 498 g/mol. The largest absolute Gasteiger partial charge is 0.426 e. The lowest BCUT2D eigenvalue weighted by Crippen LogP contribution is -2.59. The van der Waals surface area contributed by atoms with Crippen molar-refractivity contribution in [2.24, 2.45) is 39.7 Å². The molecule has 3 saturated carbocycles. The van der Waals surface area contributed by atoms with Crippen LogP contribution in [0.25, 0.3) is 0 Å². The molecule has 0 radical (unpaired) electrons. The standard InChI is InChI=1S/C24H33F6NO3/c1-20-9-7-14(31-34)11-13(20)3-4-15-16-5-6-18(21(16,2)10-8-17(15)20)19(32)12-22(33,23(25,26)27)24(28,29)30/h3,15-19,32-34H,4-12H2,1-2H3/b31-14+/t15-,16-,17-,18+,19+,20-,21-/m0/s1. The normalized spacial score (nSPS) is 40.9. The quantitative estimate of drug-likeness (QED) is 0.194. The van der Waals surface area contributed by atoms with Crippen molar-refractivity contribution >= 4 is 5.71 Å². The molecule has 0 unspecified atom stereocenters. The third-order valence-electron chi connectivity index (χ3n) is 10.1. The zero-order valence-corrected chi connectivity index (χ0v) is 19.4. The van der Waals surface area contributed by atoms with Gasteiger partial charge < -0.3 is 15.4 Å². The van der Waals surface area contributed by atoms with Gasteiger partial charge in [-0.3, -0.25) is 0 Å². The number of aliphatic hydroxyl groups is 2. The highest BCUT2D eigenvalue weighted by Gasteiger charge is 2.71. The van der Waals surface area contributed by atoms with E-state index in [9.17, 15) is 41.8 Å². The molecule has 0 aromatic rings. The molecule has 10 heteroatoms. The number of halogens is 6. The van der Waals surface area contributed by atoms with Gasteiger partial charge in [0.25, 0.3) is 5.60 Å². The summed E-state index contributed by atoms with van der Waals surface area (Å²) in [6.45, 7) is 4.12. The average Bonchev–Trinajstić information content (AvgIpc) is 3.08. The molecule has 3 fully saturated rings. The molecule has 4 rings (SSSR count). The topological polar surface area (TPSA) is 73.1 Å². The van der Waals surface area contributed by atoms with Crippen LogP contribution in [0.5, 0.6) is 0 Å². The van der Waals surface area contributed by atoms with Crippen molar-refractivity contribution in [2.45, 2.75) is 95.7 Å². The van der Waals surface area contributed by atoms with Gasteiger partial charge in [0.1, 0.15) is 0 Å². The predicted molar refractivity (Wildman–Crippen MR) is 112 cm³/mol. The van der Waals surface area contributed by atoms with E-state index >= 15 is 0 Å². The van der Waals surface area contributed by atoms with Crippen molar-refractivity contribution in [1.82, 2.24) is 0 Å². The Labute approximate surface area is 195 Å². The molecule has 7 atom stereocenters. The van der Waals surface area contributed by atoms with Crippen LogP contribution in [0.1, 0.15) is 71.6 Å². The lowest BCUT2D eigenvalue weighted by molar-refractivity contribution is -0.375. The summed E-state index contributed by atoms with van der Waals surface area (Å²) >= 11 is 0. The van der Waals surface area contributed by atoms with Gasteiger partial charge in [-0.25, -0.2) is 0 Å². The van der Waals surface area contributed by atoms with Crippen LogP contribution in [-0.2, 0) is 0 Å². The smallest absolute Gasteiger partial charge is 0.411 e. The summed E-state index contributed by atoms with van der Waals surface area (Å²) in [5, 5.41) is 32.9. The zero-order valence-electron chi connectivity index (χ0n) is 19.4. The molecule has 0 bridgehead atoms. The summed E-state index contributed by atoms with van der Waals surface area (Å²) in [4.78, 5) is 0. The molecule has 0 heterocycles. The van der Waals surface area contributed by atoms with Crippen molar-refractivity contribution in [3.8, 4) is 0 Å². The van der Waals surface area contributed by atoms with Crippen LogP contribution >= 0.6 is 0 Å². The summed E-state index contributed by atoms with van der Waals surface area (Å²) < 4.78 is 79.4. The summed E-state index contributed by atoms with van der Waals surface area (Å²) in [7, 11) is 0. The molecule has 34 heavy (non-hydrogen) atoms. The van der Waals surface area contributed by atoms with Crippen LogP contribution < -0.4 is 0 Å². The lowest BCUT2D eigenvalue weighted by Gasteiger charge is -2.58. The van der Waals surface area contributed by atoms with Crippen molar-refractivity contribution in [1.29, 1.82) is 0 Å². The van der Waals surface area contributed by atoms with Gasteiger partial charge in [0.2, 0.25) is 0 Å². The fourth-order valence-corrected chi connectivity index (χ4v) is 8.08. The number of fused-ring (bicyclic) bond motifs is 5. The molecule has 0 aliphatic heterocycles. The zero-order chi connectivity index (χ0) is 25.3. The van der Waals surface area contributed by atoms with Gasteiger partial charge in [-0.2, -0.15) is 26.3 Å². The molecule has 0 aromatic heterocycles. The molecule has 0 amide bonds. The Kier molecular flexibility index (Phi) is 6.16. The second-order valence-corrected chi connectivity index (χ2v) is 11.5. The van der Waals surface area contributed by atoms with Crippen molar-refractivity contribution in [3.63, 3.8) is 0 Å². The van der Waals surface area contributed by atoms with Gasteiger partial charge in [-0.15, -0.1) is 0 Å². The Morgan fingerprint density at radius 2 is 1.68 bits per heavy atom. The Bertz CT molecular complexity index is 854. The van der Waals surface area contributed by atoms with Gasteiger partial charge >= 0.3 is 12.4 Å². The fourth-order valence-electron chi connectivity index (χ4n) is 8.08. The van der Waals surface area contributed by atoms with E-state index in [-0.39, 0.29) is 17.3 Å². The highest BCUT2D eigenvalue weighted by Crippen LogP contribution is 2.67. The molecule has 194 valence electrons. The summed E-state index contributed by atoms with van der Waals surface area (Å²) in [5.41, 5.74) is -3.58. The fraction of sp³-hybridized carbons (Fsp3) is 0.875. The van der Waals surface area contributed by atoms with Gasteiger partial charge in [-0.1, -0.05) is 30.7 Å². The van der Waals surface area contributed by atoms with Crippen molar-refractivity contribution < 1.29 is 41.8 Å². The molecule has 0 saturated heterocycles. The monoisotopic (exact) mass is 497 g/mol. The van der Waals surface area contributed by atoms with E-state index in [1.54, 1.807) is 0 Å². The van der Waals surface area contributed by atoms with Crippen molar-refractivity contribution in [2.75, 3.05) is 0 Å². The lowest BCUT2D eigenvalue weighted by atomic mass is 9.47. The molecule has 4 aliphatic rings. The molecule has 4 nitrogen and oxygen atoms in total. The first-order chi connectivity index (χ1) is 15.6. The van der Waals surface area contributed by atoms with E-state index in [0.29, 0.717) is 38.0 Å². The minimum absolute atomic E-state index is 0.0675. The Balaban J connectivity index is 1.57. The van der Waals surface area contributed by atoms with Gasteiger partial charge in [0.05, 0.1) is 11.8 Å². The van der Waals surface area contributed by atoms with Crippen molar-refractivity contribution in [3.05, 3.63) is 11.6 Å². The molecule has 0 spiro atoms. The second-order valence-electron chi connectivity index (χ2n) is 11.5. The molecule has 3 N–H and O–H groups in total. The van der Waals surface area contributed by atoms with E-state index in [0.717, 1.165) is 25.0 Å². The first kappa shape index (κ1) is 25.8. The maximum atomic E-state index is 13.2. The van der Waals surface area contributed by atoms with Crippen LogP contribution in [0, 0.1) is 34.5 Å². The van der Waals surface area contributed by atoms with E-state index in [1.807, 2.05) is 6.92 Å². The first-order valence-electron chi connectivity index (χ1n) is 12.0. The second kappa shape index (κ2) is 8.11. The minimum atomic E-state index is -5.93. The molecule has 0 aromatic carbocycles. The third kappa shape index (κ3) is 3.69. The van der Waals surface area contributed by atoms with Crippen LogP contribution in [0.2, 0.25) is 0 Å². The molecular formula is C24H33F6NO3. The summed E-state index contributed by atoms with van der Waals surface area (Å²) in [6.07, 6.45) is -8.07. The number of allylic oxidation sites excluding steroid dienone is 2. The van der Waals surface area contributed by atoms with Crippen LogP contribution in [-0.4, -0.2) is 45.2 Å². The highest BCUT2D eigenvalue weighted by atomic mass is 19.4. The highest BCUT2D eigenvalue weighted by molar-refractivity contribution is 5.87. The number of nitrogens with zero attached hydrogens (tertiary/aromatic N) is 1. The number of alkyl halides is 6.